The number of aromatic nitrogens is 4. The van der Waals surface area contributed by atoms with Crippen LogP contribution in [-0.4, -0.2) is 49.2 Å². The van der Waals surface area contributed by atoms with E-state index in [9.17, 15) is 4.79 Å². The molecule has 1 amide bonds. The predicted octanol–water partition coefficient (Wildman–Crippen LogP) is 2.83. The molecule has 0 N–H and O–H groups in total. The molecule has 0 spiro atoms. The lowest BCUT2D eigenvalue weighted by Crippen LogP contribution is -2.39. The van der Waals surface area contributed by atoms with Crippen molar-refractivity contribution in [3.8, 4) is 0 Å². The van der Waals surface area contributed by atoms with Gasteiger partial charge in [-0.2, -0.15) is 4.52 Å². The third kappa shape index (κ3) is 3.51. The number of likely N-dealkylation sites (tertiary alicyclic amines) is 1. The van der Waals surface area contributed by atoms with Gasteiger partial charge >= 0.3 is 0 Å². The molecular formula is C18H19N5OS. The summed E-state index contributed by atoms with van der Waals surface area (Å²) in [4.78, 5) is 15.9. The van der Waals surface area contributed by atoms with E-state index in [0.717, 1.165) is 25.9 Å². The number of tetrazole rings is 1. The molecule has 3 aromatic rings. The largest absolute Gasteiger partial charge is 0.339 e. The van der Waals surface area contributed by atoms with Gasteiger partial charge in [-0.1, -0.05) is 17.7 Å². The van der Waals surface area contributed by atoms with E-state index in [-0.39, 0.29) is 5.91 Å². The van der Waals surface area contributed by atoms with E-state index >= 15 is 0 Å². The maximum Gasteiger partial charge on any atom is 0.255 e. The smallest absolute Gasteiger partial charge is 0.255 e. The van der Waals surface area contributed by atoms with E-state index in [0.29, 0.717) is 16.5 Å². The lowest BCUT2D eigenvalue weighted by atomic mass is 10.1. The summed E-state index contributed by atoms with van der Waals surface area (Å²) >= 11 is 1.92. The number of thioether (sulfide) groups is 1. The normalized spacial score (nSPS) is 15.6. The van der Waals surface area contributed by atoms with Gasteiger partial charge in [0.15, 0.2) is 5.65 Å². The Labute approximate surface area is 150 Å². The zero-order chi connectivity index (χ0) is 17.2. The first-order valence-electron chi connectivity index (χ1n) is 8.39. The molecule has 0 saturated carbocycles. The van der Waals surface area contributed by atoms with Gasteiger partial charge in [-0.15, -0.1) is 16.9 Å². The third-order valence-electron chi connectivity index (χ3n) is 4.49. The summed E-state index contributed by atoms with van der Waals surface area (Å²) in [6, 6.07) is 12.2. The van der Waals surface area contributed by atoms with E-state index in [1.54, 1.807) is 18.3 Å². The summed E-state index contributed by atoms with van der Waals surface area (Å²) in [6.07, 6.45) is 3.72. The fourth-order valence-corrected chi connectivity index (χ4v) is 4.16. The van der Waals surface area contributed by atoms with Crippen LogP contribution < -0.4 is 0 Å². The van der Waals surface area contributed by atoms with Crippen LogP contribution in [0.5, 0.6) is 0 Å². The second-order valence-electron chi connectivity index (χ2n) is 6.32. The van der Waals surface area contributed by atoms with Crippen LogP contribution in [0.15, 0.2) is 47.5 Å². The summed E-state index contributed by atoms with van der Waals surface area (Å²) in [5, 5.41) is 11.9. The fourth-order valence-electron chi connectivity index (χ4n) is 3.04. The number of nitrogens with zero attached hydrogens (tertiary/aromatic N) is 5. The van der Waals surface area contributed by atoms with E-state index in [2.05, 4.69) is 46.7 Å². The van der Waals surface area contributed by atoms with Gasteiger partial charge < -0.3 is 4.90 Å². The zero-order valence-corrected chi connectivity index (χ0v) is 14.8. The number of carbonyl (C=O) groups is 1. The second-order valence-corrected chi connectivity index (χ2v) is 7.70. The van der Waals surface area contributed by atoms with Crippen LogP contribution in [0.25, 0.3) is 5.65 Å². The van der Waals surface area contributed by atoms with Crippen LogP contribution in [0.3, 0.4) is 0 Å². The molecule has 0 bridgehead atoms. The minimum atomic E-state index is 0.0520. The van der Waals surface area contributed by atoms with Crippen molar-refractivity contribution in [1.29, 1.82) is 0 Å². The van der Waals surface area contributed by atoms with Crippen molar-refractivity contribution < 1.29 is 4.79 Å². The molecule has 3 heterocycles. The number of rotatable bonds is 3. The Balaban J connectivity index is 1.37. The number of benzene rings is 1. The number of aryl methyl sites for hydroxylation is 1. The van der Waals surface area contributed by atoms with Crippen molar-refractivity contribution in [2.45, 2.75) is 29.9 Å². The number of hydrogen-bond donors (Lipinski definition) is 0. The molecule has 1 saturated heterocycles. The van der Waals surface area contributed by atoms with Crippen molar-refractivity contribution in [3.63, 3.8) is 0 Å². The van der Waals surface area contributed by atoms with Gasteiger partial charge in [0.25, 0.3) is 5.91 Å². The minimum Gasteiger partial charge on any atom is -0.339 e. The lowest BCUT2D eigenvalue weighted by Gasteiger charge is -2.31. The van der Waals surface area contributed by atoms with Gasteiger partial charge in [0.2, 0.25) is 0 Å². The summed E-state index contributed by atoms with van der Waals surface area (Å²) in [7, 11) is 0. The molecule has 1 aromatic carbocycles. The van der Waals surface area contributed by atoms with Crippen molar-refractivity contribution in [3.05, 3.63) is 53.7 Å². The van der Waals surface area contributed by atoms with Crippen LogP contribution in [0.2, 0.25) is 0 Å². The van der Waals surface area contributed by atoms with E-state index in [1.165, 1.54) is 15.0 Å². The van der Waals surface area contributed by atoms with Crippen LogP contribution in [-0.2, 0) is 0 Å². The average Bonchev–Trinajstić information content (AvgIpc) is 3.11. The third-order valence-corrected chi connectivity index (χ3v) is 5.84. The second kappa shape index (κ2) is 6.84. The topological polar surface area (TPSA) is 63.4 Å². The zero-order valence-electron chi connectivity index (χ0n) is 14.0. The summed E-state index contributed by atoms with van der Waals surface area (Å²) in [5.41, 5.74) is 2.55. The van der Waals surface area contributed by atoms with Gasteiger partial charge in [0.1, 0.15) is 0 Å². The highest BCUT2D eigenvalue weighted by molar-refractivity contribution is 8.00. The van der Waals surface area contributed by atoms with Crippen LogP contribution >= 0.6 is 11.8 Å². The molecule has 25 heavy (non-hydrogen) atoms. The van der Waals surface area contributed by atoms with Gasteiger partial charge in [-0.05, 0) is 54.5 Å². The molecule has 128 valence electrons. The molecule has 2 aromatic heterocycles. The molecule has 0 unspecified atom stereocenters. The Morgan fingerprint density at radius 3 is 2.64 bits per heavy atom. The minimum absolute atomic E-state index is 0.0520. The Morgan fingerprint density at radius 2 is 1.88 bits per heavy atom. The van der Waals surface area contributed by atoms with Crippen molar-refractivity contribution in [2.75, 3.05) is 13.1 Å². The lowest BCUT2D eigenvalue weighted by molar-refractivity contribution is 0.0727. The standard InChI is InChI=1S/C18H19N5OS/c1-13-2-5-15(6-3-13)25-16-8-10-22(11-9-16)18(24)14-4-7-17-19-20-21-23(17)12-14/h2-7,12,16H,8-11H2,1H3. The van der Waals surface area contributed by atoms with E-state index in [1.807, 2.05) is 16.7 Å². The molecule has 0 atom stereocenters. The van der Waals surface area contributed by atoms with E-state index < -0.39 is 0 Å². The molecule has 1 aliphatic rings. The van der Waals surface area contributed by atoms with Gasteiger partial charge in [0, 0.05) is 29.4 Å². The molecule has 0 radical (unpaired) electrons. The highest BCUT2D eigenvalue weighted by Gasteiger charge is 2.24. The maximum atomic E-state index is 12.7. The van der Waals surface area contributed by atoms with Gasteiger partial charge in [0.05, 0.1) is 5.56 Å². The molecule has 4 rings (SSSR count). The van der Waals surface area contributed by atoms with Gasteiger partial charge in [-0.3, -0.25) is 4.79 Å². The number of amides is 1. The summed E-state index contributed by atoms with van der Waals surface area (Å²) < 4.78 is 1.53. The molecular weight excluding hydrogens is 334 g/mol. The first-order valence-corrected chi connectivity index (χ1v) is 9.27. The molecule has 1 aliphatic heterocycles. The van der Waals surface area contributed by atoms with Crippen LogP contribution in [0.4, 0.5) is 0 Å². The van der Waals surface area contributed by atoms with Crippen molar-refractivity contribution >= 4 is 23.3 Å². The van der Waals surface area contributed by atoms with Crippen molar-refractivity contribution in [1.82, 2.24) is 24.9 Å². The van der Waals surface area contributed by atoms with Crippen LogP contribution in [0.1, 0.15) is 28.8 Å². The highest BCUT2D eigenvalue weighted by atomic mass is 32.2. The van der Waals surface area contributed by atoms with E-state index in [4.69, 9.17) is 0 Å². The highest BCUT2D eigenvalue weighted by Crippen LogP contribution is 2.30. The summed E-state index contributed by atoms with van der Waals surface area (Å²) in [6.45, 7) is 3.68. The number of fused-ring (bicyclic) bond motifs is 1. The first kappa shape index (κ1) is 16.1. The van der Waals surface area contributed by atoms with Crippen LogP contribution in [0, 0.1) is 6.92 Å². The van der Waals surface area contributed by atoms with Gasteiger partial charge in [-0.25, -0.2) is 0 Å². The fraction of sp³-hybridized carbons (Fsp3) is 0.333. The predicted molar refractivity (Wildman–Crippen MR) is 96.7 cm³/mol. The number of piperidine rings is 1. The Kier molecular flexibility index (Phi) is 4.40. The molecule has 1 fully saturated rings. The molecule has 7 heteroatoms. The monoisotopic (exact) mass is 353 g/mol. The SMILES string of the molecule is Cc1ccc(SC2CCN(C(=O)c3ccc4nnnn4c3)CC2)cc1. The number of pyridine rings is 1. The Morgan fingerprint density at radius 1 is 1.12 bits per heavy atom. The number of hydrogen-bond acceptors (Lipinski definition) is 5. The average molecular weight is 353 g/mol. The molecule has 0 aliphatic carbocycles. The van der Waals surface area contributed by atoms with Crippen molar-refractivity contribution in [2.24, 2.45) is 0 Å². The first-order chi connectivity index (χ1) is 12.2. The molecule has 6 nitrogen and oxygen atoms in total. The summed E-state index contributed by atoms with van der Waals surface area (Å²) in [5.74, 6) is 0.0520. The quantitative estimate of drug-likeness (QED) is 0.724. The Bertz CT molecular complexity index is 884. The maximum absolute atomic E-state index is 12.7. The Hall–Kier alpha value is -2.41. The number of carbonyl (C=O) groups excluding carboxylic acids is 1.